The fraction of sp³-hybridized carbons (Fsp3) is 0.208. The summed E-state index contributed by atoms with van der Waals surface area (Å²) in [5.41, 5.74) is 2.39. The average molecular weight is 452 g/mol. The number of hydrogen-bond donors (Lipinski definition) is 0. The van der Waals surface area contributed by atoms with E-state index >= 15 is 0 Å². The Morgan fingerprint density at radius 1 is 1.16 bits per heavy atom. The van der Waals surface area contributed by atoms with Gasteiger partial charge in [-0.3, -0.25) is 9.59 Å². The summed E-state index contributed by atoms with van der Waals surface area (Å²) in [4.78, 5) is 27.7. The number of amides is 2. The molecule has 2 aromatic carbocycles. The molecular formula is C24H22FN3O3S. The lowest BCUT2D eigenvalue weighted by Gasteiger charge is -2.24. The van der Waals surface area contributed by atoms with E-state index in [2.05, 4.69) is 5.10 Å². The van der Waals surface area contributed by atoms with Crippen molar-refractivity contribution in [3.63, 3.8) is 0 Å². The molecule has 1 aliphatic heterocycles. The molecule has 1 aliphatic rings. The highest BCUT2D eigenvalue weighted by Crippen LogP contribution is 2.33. The topological polar surface area (TPSA) is 62.2 Å². The zero-order chi connectivity index (χ0) is 22.7. The summed E-state index contributed by atoms with van der Waals surface area (Å²) in [5, 5.41) is 7.83. The van der Waals surface area contributed by atoms with Crippen LogP contribution in [-0.4, -0.2) is 48.1 Å². The number of rotatable bonds is 6. The van der Waals surface area contributed by atoms with Crippen LogP contribution in [0.1, 0.15) is 33.3 Å². The van der Waals surface area contributed by atoms with Gasteiger partial charge < -0.3 is 9.64 Å². The number of carbonyl (C=O) groups excluding carboxylic acids is 2. The number of halogens is 1. The lowest BCUT2D eigenvalue weighted by molar-refractivity contribution is -0.133. The third-order valence-electron chi connectivity index (χ3n) is 5.30. The van der Waals surface area contributed by atoms with E-state index in [0.29, 0.717) is 11.3 Å². The van der Waals surface area contributed by atoms with E-state index in [1.807, 2.05) is 29.6 Å². The molecule has 0 bridgehead atoms. The van der Waals surface area contributed by atoms with Gasteiger partial charge in [0.1, 0.15) is 18.1 Å². The van der Waals surface area contributed by atoms with Gasteiger partial charge in [0.05, 0.1) is 23.7 Å². The molecule has 2 amide bonds. The van der Waals surface area contributed by atoms with Gasteiger partial charge in [-0.15, -0.1) is 11.3 Å². The Morgan fingerprint density at radius 3 is 2.50 bits per heavy atom. The molecule has 4 rings (SSSR count). The Balaban J connectivity index is 1.59. The van der Waals surface area contributed by atoms with Crippen molar-refractivity contribution in [3.05, 3.63) is 87.9 Å². The third-order valence-corrected chi connectivity index (χ3v) is 6.15. The standard InChI is InChI=1S/C24H22FN3O3S/c1-27(24(30)22-4-3-13-32-22)15-23(29)28-21(17-5-9-18(25)10-6-17)14-20(26-28)16-7-11-19(31-2)12-8-16/h3-13,21H,14-15H2,1-2H3/t21-/m0/s1. The van der Waals surface area contributed by atoms with Crippen LogP contribution in [0.4, 0.5) is 4.39 Å². The number of methoxy groups -OCH3 is 1. The molecule has 1 aromatic heterocycles. The van der Waals surface area contributed by atoms with Crippen molar-refractivity contribution < 1.29 is 18.7 Å². The van der Waals surface area contributed by atoms with Crippen LogP contribution in [0.5, 0.6) is 5.75 Å². The fourth-order valence-corrected chi connectivity index (χ4v) is 4.30. The Bertz CT molecular complexity index is 1130. The molecular weight excluding hydrogens is 429 g/mol. The Kier molecular flexibility index (Phi) is 6.32. The number of ether oxygens (including phenoxy) is 1. The quantitative estimate of drug-likeness (QED) is 0.560. The molecule has 0 saturated heterocycles. The predicted molar refractivity (Wildman–Crippen MR) is 121 cm³/mol. The second-order valence-electron chi connectivity index (χ2n) is 7.42. The summed E-state index contributed by atoms with van der Waals surface area (Å²) in [6, 6.07) is 16.7. The van der Waals surface area contributed by atoms with Crippen molar-refractivity contribution in [2.75, 3.05) is 20.7 Å². The molecule has 0 radical (unpaired) electrons. The number of thiophene rings is 1. The zero-order valence-corrected chi connectivity index (χ0v) is 18.5. The first-order valence-corrected chi connectivity index (χ1v) is 10.9. The van der Waals surface area contributed by atoms with Gasteiger partial charge in [-0.05, 0) is 59.0 Å². The summed E-state index contributed by atoms with van der Waals surface area (Å²) >= 11 is 1.33. The maximum Gasteiger partial charge on any atom is 0.264 e. The number of benzene rings is 2. The molecule has 0 spiro atoms. The lowest BCUT2D eigenvalue weighted by Crippen LogP contribution is -2.39. The highest BCUT2D eigenvalue weighted by Gasteiger charge is 2.34. The smallest absolute Gasteiger partial charge is 0.264 e. The molecule has 0 saturated carbocycles. The van der Waals surface area contributed by atoms with Crippen molar-refractivity contribution in [3.8, 4) is 5.75 Å². The summed E-state index contributed by atoms with van der Waals surface area (Å²) in [7, 11) is 3.19. The van der Waals surface area contributed by atoms with Gasteiger partial charge in [0, 0.05) is 13.5 Å². The van der Waals surface area contributed by atoms with Crippen LogP contribution in [0.15, 0.2) is 71.1 Å². The first kappa shape index (κ1) is 21.7. The average Bonchev–Trinajstić information content (AvgIpc) is 3.50. The molecule has 3 aromatic rings. The number of likely N-dealkylation sites (N-methyl/N-ethyl adjacent to an activating group) is 1. The largest absolute Gasteiger partial charge is 0.497 e. The van der Waals surface area contributed by atoms with Crippen LogP contribution < -0.4 is 4.74 Å². The second-order valence-corrected chi connectivity index (χ2v) is 8.37. The molecule has 0 aliphatic carbocycles. The molecule has 0 N–H and O–H groups in total. The zero-order valence-electron chi connectivity index (χ0n) is 17.7. The van der Waals surface area contributed by atoms with Crippen molar-refractivity contribution in [2.45, 2.75) is 12.5 Å². The molecule has 0 fully saturated rings. The fourth-order valence-electron chi connectivity index (χ4n) is 3.58. The van der Waals surface area contributed by atoms with Crippen molar-refractivity contribution in [1.82, 2.24) is 9.91 Å². The monoisotopic (exact) mass is 451 g/mol. The Hall–Kier alpha value is -3.52. The highest BCUT2D eigenvalue weighted by molar-refractivity contribution is 7.12. The molecule has 32 heavy (non-hydrogen) atoms. The van der Waals surface area contributed by atoms with Crippen molar-refractivity contribution in [2.24, 2.45) is 5.10 Å². The minimum atomic E-state index is -0.384. The summed E-state index contributed by atoms with van der Waals surface area (Å²) in [5.74, 6) is -0.147. The SMILES string of the molecule is COc1ccc(C2=NN(C(=O)CN(C)C(=O)c3cccs3)[C@H](c3ccc(F)cc3)C2)cc1. The van der Waals surface area contributed by atoms with Gasteiger partial charge in [0.15, 0.2) is 0 Å². The van der Waals surface area contributed by atoms with Crippen molar-refractivity contribution in [1.29, 1.82) is 0 Å². The van der Waals surface area contributed by atoms with Crippen LogP contribution in [0, 0.1) is 5.82 Å². The summed E-state index contributed by atoms with van der Waals surface area (Å²) in [6.07, 6.45) is 0.478. The van der Waals surface area contributed by atoms with Crippen LogP contribution >= 0.6 is 11.3 Å². The van der Waals surface area contributed by atoms with Gasteiger partial charge in [0.2, 0.25) is 0 Å². The maximum absolute atomic E-state index is 13.5. The van der Waals surface area contributed by atoms with E-state index in [0.717, 1.165) is 22.6 Å². The molecule has 6 nitrogen and oxygen atoms in total. The maximum atomic E-state index is 13.5. The number of nitrogens with zero attached hydrogens (tertiary/aromatic N) is 3. The van der Waals surface area contributed by atoms with Crippen LogP contribution in [0.2, 0.25) is 0 Å². The first-order valence-electron chi connectivity index (χ1n) is 10.0. The van der Waals surface area contributed by atoms with E-state index < -0.39 is 0 Å². The molecule has 164 valence electrons. The second kappa shape index (κ2) is 9.32. The van der Waals surface area contributed by atoms with Crippen molar-refractivity contribution >= 4 is 28.9 Å². The number of hydrazone groups is 1. The van der Waals surface area contributed by atoms with Gasteiger partial charge in [-0.25, -0.2) is 9.40 Å². The van der Waals surface area contributed by atoms with Crippen LogP contribution in [0.25, 0.3) is 0 Å². The summed E-state index contributed by atoms with van der Waals surface area (Å²) < 4.78 is 18.7. The highest BCUT2D eigenvalue weighted by atomic mass is 32.1. The van der Waals surface area contributed by atoms with Gasteiger partial charge >= 0.3 is 0 Å². The van der Waals surface area contributed by atoms with E-state index in [-0.39, 0.29) is 30.2 Å². The predicted octanol–water partition coefficient (Wildman–Crippen LogP) is 4.35. The third kappa shape index (κ3) is 4.55. The summed E-state index contributed by atoms with van der Waals surface area (Å²) in [6.45, 7) is -0.117. The molecule has 0 unspecified atom stereocenters. The minimum absolute atomic E-state index is 0.117. The van der Waals surface area contributed by atoms with E-state index in [9.17, 15) is 14.0 Å². The Labute approximate surface area is 189 Å². The van der Waals surface area contributed by atoms with E-state index in [1.54, 1.807) is 38.4 Å². The normalized spacial score (nSPS) is 15.4. The first-order chi connectivity index (χ1) is 15.5. The van der Waals surface area contributed by atoms with E-state index in [1.165, 1.54) is 33.4 Å². The van der Waals surface area contributed by atoms with Gasteiger partial charge in [-0.2, -0.15) is 5.10 Å². The van der Waals surface area contributed by atoms with Crippen LogP contribution in [0.3, 0.4) is 0 Å². The number of hydrogen-bond acceptors (Lipinski definition) is 5. The lowest BCUT2D eigenvalue weighted by atomic mass is 9.98. The number of carbonyl (C=O) groups is 2. The van der Waals surface area contributed by atoms with Crippen LogP contribution in [-0.2, 0) is 4.79 Å². The molecule has 8 heteroatoms. The van der Waals surface area contributed by atoms with Gasteiger partial charge in [-0.1, -0.05) is 18.2 Å². The molecule has 2 heterocycles. The Morgan fingerprint density at radius 2 is 1.88 bits per heavy atom. The minimum Gasteiger partial charge on any atom is -0.497 e. The molecule has 1 atom stereocenters. The van der Waals surface area contributed by atoms with Gasteiger partial charge in [0.25, 0.3) is 11.8 Å². The van der Waals surface area contributed by atoms with E-state index in [4.69, 9.17) is 4.74 Å².